The molecule has 8 heteroatoms. The lowest BCUT2D eigenvalue weighted by molar-refractivity contribution is -0.136. The van der Waals surface area contributed by atoms with Crippen LogP contribution in [0, 0.1) is 6.92 Å². The summed E-state index contributed by atoms with van der Waals surface area (Å²) in [6.07, 6.45) is -2.61. The minimum atomic E-state index is -4.53. The van der Waals surface area contributed by atoms with E-state index in [4.69, 9.17) is 9.47 Å². The second kappa shape index (κ2) is 7.33. The van der Waals surface area contributed by atoms with Crippen LogP contribution >= 0.6 is 0 Å². The van der Waals surface area contributed by atoms with Gasteiger partial charge in [0.05, 0.1) is 24.3 Å². The number of rotatable bonds is 5. The molecule has 0 bridgehead atoms. The van der Waals surface area contributed by atoms with Gasteiger partial charge in [0.2, 0.25) is 0 Å². The zero-order valence-electron chi connectivity index (χ0n) is 15.4. The summed E-state index contributed by atoms with van der Waals surface area (Å²) in [5, 5.41) is 3.12. The second-order valence-corrected chi connectivity index (χ2v) is 7.28. The van der Waals surface area contributed by atoms with E-state index in [9.17, 15) is 18.0 Å². The van der Waals surface area contributed by atoms with Crippen LogP contribution in [0.3, 0.4) is 0 Å². The van der Waals surface area contributed by atoms with Gasteiger partial charge in [-0.3, -0.25) is 4.79 Å². The van der Waals surface area contributed by atoms with Crippen LogP contribution in [-0.4, -0.2) is 36.9 Å². The summed E-state index contributed by atoms with van der Waals surface area (Å²) in [6.45, 7) is 3.03. The number of hydrogen-bond donors (Lipinski definition) is 1. The molecule has 0 radical (unpaired) electrons. The molecule has 1 aliphatic carbocycles. The fourth-order valence-electron chi connectivity index (χ4n) is 3.47. The number of ether oxygens (including phenoxy) is 2. The number of carbonyl (C=O) groups excluding carboxylic acids is 1. The third-order valence-corrected chi connectivity index (χ3v) is 5.09. The van der Waals surface area contributed by atoms with E-state index in [1.165, 1.54) is 12.1 Å². The molecule has 2 aromatic rings. The van der Waals surface area contributed by atoms with Crippen LogP contribution in [0.5, 0.6) is 0 Å². The molecule has 1 aromatic heterocycles. The van der Waals surface area contributed by atoms with Crippen LogP contribution in [0.15, 0.2) is 18.2 Å². The molecule has 2 heterocycles. The Morgan fingerprint density at radius 2 is 1.93 bits per heavy atom. The van der Waals surface area contributed by atoms with Crippen molar-refractivity contribution in [1.82, 2.24) is 10.3 Å². The molecule has 1 N–H and O–H groups in total. The van der Waals surface area contributed by atoms with Crippen molar-refractivity contribution >= 4 is 16.8 Å². The molecular formula is C20H21F3N2O3. The number of hydrogen-bond acceptors (Lipinski definition) is 4. The van der Waals surface area contributed by atoms with E-state index >= 15 is 0 Å². The molecule has 0 unspecified atom stereocenters. The van der Waals surface area contributed by atoms with Gasteiger partial charge in [-0.1, -0.05) is 0 Å². The summed E-state index contributed by atoms with van der Waals surface area (Å²) in [5.74, 6) is -0.324. The maximum Gasteiger partial charge on any atom is 0.418 e. The Hall–Kier alpha value is -2.19. The first-order valence-corrected chi connectivity index (χ1v) is 9.37. The van der Waals surface area contributed by atoms with Gasteiger partial charge in [0.1, 0.15) is 5.69 Å². The van der Waals surface area contributed by atoms with E-state index in [-0.39, 0.29) is 30.0 Å². The predicted molar refractivity (Wildman–Crippen MR) is 96.1 cm³/mol. The summed E-state index contributed by atoms with van der Waals surface area (Å²) >= 11 is 0. The normalized spacial score (nSPS) is 18.0. The number of carbonyl (C=O) groups is 1. The molecule has 2 fully saturated rings. The Kier molecular flexibility index (Phi) is 5.01. The van der Waals surface area contributed by atoms with Gasteiger partial charge < -0.3 is 14.8 Å². The average molecular weight is 394 g/mol. The Balaban J connectivity index is 1.62. The van der Waals surface area contributed by atoms with Crippen molar-refractivity contribution in [2.24, 2.45) is 0 Å². The number of pyridine rings is 1. The third-order valence-electron chi connectivity index (χ3n) is 5.09. The molecule has 1 amide bonds. The van der Waals surface area contributed by atoms with Crippen LogP contribution in [-0.2, 0) is 15.7 Å². The quantitative estimate of drug-likeness (QED) is 0.835. The van der Waals surface area contributed by atoms with Gasteiger partial charge in [-0.05, 0) is 55.0 Å². The molecule has 1 aliphatic heterocycles. The van der Waals surface area contributed by atoms with Crippen molar-refractivity contribution in [3.63, 3.8) is 0 Å². The summed E-state index contributed by atoms with van der Waals surface area (Å²) in [6, 6.07) is 4.50. The maximum absolute atomic E-state index is 13.7. The summed E-state index contributed by atoms with van der Waals surface area (Å²) in [7, 11) is 0. The van der Waals surface area contributed by atoms with E-state index in [1.54, 1.807) is 13.0 Å². The Labute approximate surface area is 160 Å². The van der Waals surface area contributed by atoms with Crippen LogP contribution in [0.1, 0.15) is 52.4 Å². The highest BCUT2D eigenvalue weighted by Gasteiger charge is 2.36. The fourth-order valence-corrected chi connectivity index (χ4v) is 3.47. The van der Waals surface area contributed by atoms with Crippen molar-refractivity contribution in [1.29, 1.82) is 0 Å². The van der Waals surface area contributed by atoms with Crippen LogP contribution in [0.4, 0.5) is 13.2 Å². The maximum atomic E-state index is 13.7. The van der Waals surface area contributed by atoms with E-state index in [2.05, 4.69) is 10.3 Å². The molecule has 1 saturated heterocycles. The lowest BCUT2D eigenvalue weighted by Crippen LogP contribution is -2.28. The zero-order valence-corrected chi connectivity index (χ0v) is 15.4. The van der Waals surface area contributed by atoms with Gasteiger partial charge in [-0.25, -0.2) is 4.98 Å². The van der Waals surface area contributed by atoms with Crippen LogP contribution < -0.4 is 5.32 Å². The molecule has 1 aromatic carbocycles. The molecule has 4 rings (SSSR count). The average Bonchev–Trinajstić information content (AvgIpc) is 3.36. The number of nitrogens with zero attached hydrogens (tertiary/aromatic N) is 1. The molecule has 2 aliphatic rings. The molecule has 0 spiro atoms. The SMILES string of the molecule is Cc1cc(C(=O)NCCC2OCCO2)nc2c(C(F)(F)F)cc(C3CC3)cc12. The highest BCUT2D eigenvalue weighted by Crippen LogP contribution is 2.44. The van der Waals surface area contributed by atoms with Gasteiger partial charge in [0.25, 0.3) is 5.91 Å². The summed E-state index contributed by atoms with van der Waals surface area (Å²) < 4.78 is 51.5. The zero-order chi connectivity index (χ0) is 19.9. The lowest BCUT2D eigenvalue weighted by Gasteiger charge is -2.15. The number of aromatic nitrogens is 1. The molecule has 28 heavy (non-hydrogen) atoms. The standard InChI is InChI=1S/C20H21F3N2O3/c1-11-8-16(19(26)24-5-4-17-27-6-7-28-17)25-18-14(11)9-13(12-2-3-12)10-15(18)20(21,22)23/h8-10,12,17H,2-7H2,1H3,(H,24,26). The molecule has 1 saturated carbocycles. The number of aryl methyl sites for hydroxylation is 1. The molecule has 0 atom stereocenters. The first kappa shape index (κ1) is 19.1. The van der Waals surface area contributed by atoms with Crippen molar-refractivity contribution in [2.45, 2.75) is 44.6 Å². The lowest BCUT2D eigenvalue weighted by atomic mass is 9.98. The fraction of sp³-hybridized carbons (Fsp3) is 0.500. The Bertz CT molecular complexity index is 904. The van der Waals surface area contributed by atoms with Crippen molar-refractivity contribution in [3.8, 4) is 0 Å². The van der Waals surface area contributed by atoms with E-state index in [0.717, 1.165) is 12.8 Å². The largest absolute Gasteiger partial charge is 0.418 e. The van der Waals surface area contributed by atoms with Crippen molar-refractivity contribution < 1.29 is 27.4 Å². The number of halogens is 3. The van der Waals surface area contributed by atoms with Crippen LogP contribution in [0.25, 0.3) is 10.9 Å². The Morgan fingerprint density at radius 1 is 1.21 bits per heavy atom. The number of nitrogens with one attached hydrogen (secondary N) is 1. The number of benzene rings is 1. The minimum Gasteiger partial charge on any atom is -0.351 e. The van der Waals surface area contributed by atoms with Crippen molar-refractivity contribution in [2.75, 3.05) is 19.8 Å². The van der Waals surface area contributed by atoms with Gasteiger partial charge >= 0.3 is 6.18 Å². The van der Waals surface area contributed by atoms with Crippen LogP contribution in [0.2, 0.25) is 0 Å². The molecule has 150 valence electrons. The number of fused-ring (bicyclic) bond motifs is 1. The highest BCUT2D eigenvalue weighted by molar-refractivity contribution is 5.97. The van der Waals surface area contributed by atoms with E-state index in [1.807, 2.05) is 0 Å². The van der Waals surface area contributed by atoms with Gasteiger partial charge in [-0.15, -0.1) is 0 Å². The monoisotopic (exact) mass is 394 g/mol. The third kappa shape index (κ3) is 3.98. The van der Waals surface area contributed by atoms with Crippen molar-refractivity contribution in [3.05, 3.63) is 40.6 Å². The highest BCUT2D eigenvalue weighted by atomic mass is 19.4. The van der Waals surface area contributed by atoms with Gasteiger partial charge in [0, 0.05) is 18.4 Å². The molecular weight excluding hydrogens is 373 g/mol. The topological polar surface area (TPSA) is 60.5 Å². The summed E-state index contributed by atoms with van der Waals surface area (Å²) in [5.41, 5.74) is 0.314. The van der Waals surface area contributed by atoms with E-state index in [0.29, 0.717) is 36.1 Å². The molecule has 5 nitrogen and oxygen atoms in total. The first-order chi connectivity index (χ1) is 13.3. The van der Waals surface area contributed by atoms with Gasteiger partial charge in [-0.2, -0.15) is 13.2 Å². The predicted octanol–water partition coefficient (Wildman–Crippen LogP) is 3.93. The number of amides is 1. The first-order valence-electron chi connectivity index (χ1n) is 9.37. The smallest absolute Gasteiger partial charge is 0.351 e. The Morgan fingerprint density at radius 3 is 2.57 bits per heavy atom. The minimum absolute atomic E-state index is 0.0251. The van der Waals surface area contributed by atoms with E-state index < -0.39 is 17.6 Å². The summed E-state index contributed by atoms with van der Waals surface area (Å²) in [4.78, 5) is 16.5. The second-order valence-electron chi connectivity index (χ2n) is 7.28. The van der Waals surface area contributed by atoms with Gasteiger partial charge in [0.15, 0.2) is 6.29 Å². The number of alkyl halides is 3.